The molecule has 1 aromatic heterocycles. The van der Waals surface area contributed by atoms with E-state index in [1.54, 1.807) is 0 Å². The second kappa shape index (κ2) is 9.06. The molecule has 0 N–H and O–H groups in total. The second-order valence-electron chi connectivity index (χ2n) is 8.89. The smallest absolute Gasteiger partial charge is 0.243 e. The van der Waals surface area contributed by atoms with Crippen LogP contribution in [0.4, 0.5) is 5.69 Å². The van der Waals surface area contributed by atoms with E-state index in [1.807, 2.05) is 90.6 Å². The predicted molar refractivity (Wildman–Crippen MR) is 131 cm³/mol. The number of anilines is 1. The van der Waals surface area contributed by atoms with Crippen LogP contribution in [0, 0.1) is 0 Å². The number of para-hydroxylation sites is 3. The van der Waals surface area contributed by atoms with Gasteiger partial charge >= 0.3 is 0 Å². The van der Waals surface area contributed by atoms with E-state index in [4.69, 9.17) is 4.98 Å². The number of halogens is 1. The van der Waals surface area contributed by atoms with Crippen molar-refractivity contribution < 1.29 is 9.59 Å². The Balaban J connectivity index is 1.70. The highest BCUT2D eigenvalue weighted by Gasteiger charge is 2.36. The van der Waals surface area contributed by atoms with Gasteiger partial charge in [0, 0.05) is 35.4 Å². The lowest BCUT2D eigenvalue weighted by atomic mass is 10.1. The molecule has 4 rings (SSSR count). The van der Waals surface area contributed by atoms with Crippen LogP contribution in [0.25, 0.3) is 11.0 Å². The molecule has 2 amide bonds. The third-order valence-electron chi connectivity index (χ3n) is 6.01. The van der Waals surface area contributed by atoms with E-state index in [9.17, 15) is 9.59 Å². The topological polar surface area (TPSA) is 58.4 Å². The molecule has 2 heterocycles. The summed E-state index contributed by atoms with van der Waals surface area (Å²) in [5.74, 6) is 0.848. The summed E-state index contributed by atoms with van der Waals surface area (Å²) < 4.78 is 2.90. The number of hydrogen-bond acceptors (Lipinski definition) is 3. The molecular weight excluding hydrogens is 468 g/mol. The summed E-state index contributed by atoms with van der Waals surface area (Å²) in [6.45, 7) is 8.90. The van der Waals surface area contributed by atoms with E-state index >= 15 is 0 Å². The van der Waals surface area contributed by atoms with Crippen LogP contribution in [0.1, 0.15) is 45.9 Å². The molecule has 7 heteroatoms. The maximum absolute atomic E-state index is 13.3. The quantitative estimate of drug-likeness (QED) is 0.484. The molecule has 1 saturated heterocycles. The summed E-state index contributed by atoms with van der Waals surface area (Å²) in [4.78, 5) is 34.8. The molecule has 0 spiro atoms. The lowest BCUT2D eigenvalue weighted by Crippen LogP contribution is -2.44. The van der Waals surface area contributed by atoms with Crippen LogP contribution in [0.5, 0.6) is 0 Å². The van der Waals surface area contributed by atoms with E-state index in [0.29, 0.717) is 13.0 Å². The van der Waals surface area contributed by atoms with E-state index in [1.165, 1.54) is 0 Å². The summed E-state index contributed by atoms with van der Waals surface area (Å²) in [6.07, 6.45) is 0.372. The normalized spacial score (nSPS) is 16.5. The van der Waals surface area contributed by atoms with Crippen LogP contribution < -0.4 is 4.90 Å². The van der Waals surface area contributed by atoms with Gasteiger partial charge in [0.2, 0.25) is 11.8 Å². The van der Waals surface area contributed by atoms with Gasteiger partial charge in [-0.2, -0.15) is 0 Å². The number of carbonyl (C=O) groups excluding carboxylic acids is 2. The van der Waals surface area contributed by atoms with Gasteiger partial charge in [-0.15, -0.1) is 0 Å². The molecule has 1 fully saturated rings. The summed E-state index contributed by atoms with van der Waals surface area (Å²) in [5.41, 5.74) is 2.64. The molecule has 32 heavy (non-hydrogen) atoms. The first-order chi connectivity index (χ1) is 15.3. The van der Waals surface area contributed by atoms with Crippen molar-refractivity contribution in [3.63, 3.8) is 0 Å². The van der Waals surface area contributed by atoms with E-state index in [0.717, 1.165) is 27.0 Å². The van der Waals surface area contributed by atoms with Gasteiger partial charge in [0.1, 0.15) is 12.4 Å². The molecule has 1 unspecified atom stereocenters. The number of carbonyl (C=O) groups is 2. The van der Waals surface area contributed by atoms with Crippen LogP contribution >= 0.6 is 15.9 Å². The number of rotatable bonds is 6. The van der Waals surface area contributed by atoms with Gasteiger partial charge in [-0.25, -0.2) is 4.98 Å². The summed E-state index contributed by atoms with van der Waals surface area (Å²) in [5, 5.41) is 0. The van der Waals surface area contributed by atoms with Crippen molar-refractivity contribution >= 4 is 44.5 Å². The van der Waals surface area contributed by atoms with Gasteiger partial charge in [0.15, 0.2) is 0 Å². The Morgan fingerprint density at radius 3 is 2.44 bits per heavy atom. The zero-order valence-corrected chi connectivity index (χ0v) is 20.5. The predicted octanol–water partition coefficient (Wildman–Crippen LogP) is 4.96. The molecule has 0 radical (unpaired) electrons. The number of fused-ring (bicyclic) bond motifs is 1. The maximum Gasteiger partial charge on any atom is 0.243 e. The van der Waals surface area contributed by atoms with Gasteiger partial charge in [-0.3, -0.25) is 9.59 Å². The Morgan fingerprint density at radius 1 is 1.09 bits per heavy atom. The molecule has 0 saturated carbocycles. The van der Waals surface area contributed by atoms with Crippen LogP contribution in [0.3, 0.4) is 0 Å². The van der Waals surface area contributed by atoms with Crippen molar-refractivity contribution in [1.29, 1.82) is 0 Å². The SMILES string of the molecule is CC(C)N(C(=O)Cn1c(C2CC(=O)N(c3ccccc3Br)C2)nc2ccccc21)C(C)C. The van der Waals surface area contributed by atoms with Gasteiger partial charge in [-0.1, -0.05) is 24.3 Å². The first-order valence-corrected chi connectivity index (χ1v) is 11.9. The highest BCUT2D eigenvalue weighted by atomic mass is 79.9. The Kier molecular flexibility index (Phi) is 6.38. The first-order valence-electron chi connectivity index (χ1n) is 11.1. The lowest BCUT2D eigenvalue weighted by Gasteiger charge is -2.31. The lowest BCUT2D eigenvalue weighted by molar-refractivity contribution is -0.135. The average molecular weight is 497 g/mol. The fraction of sp³-hybridized carbons (Fsp3) is 0.400. The second-order valence-corrected chi connectivity index (χ2v) is 9.74. The molecule has 168 valence electrons. The van der Waals surface area contributed by atoms with Crippen LogP contribution in [0.15, 0.2) is 53.0 Å². The Bertz CT molecular complexity index is 1150. The van der Waals surface area contributed by atoms with Gasteiger partial charge in [0.25, 0.3) is 0 Å². The Labute approximate surface area is 197 Å². The summed E-state index contributed by atoms with van der Waals surface area (Å²) in [7, 11) is 0. The molecule has 0 bridgehead atoms. The van der Waals surface area contributed by atoms with Crippen molar-refractivity contribution in [2.24, 2.45) is 0 Å². The highest BCUT2D eigenvalue weighted by Crippen LogP contribution is 2.36. The highest BCUT2D eigenvalue weighted by molar-refractivity contribution is 9.10. The molecule has 1 aliphatic heterocycles. The number of imidazole rings is 1. The van der Waals surface area contributed by atoms with Crippen molar-refractivity contribution in [2.45, 2.75) is 58.7 Å². The minimum Gasteiger partial charge on any atom is -0.336 e. The molecular formula is C25H29BrN4O2. The standard InChI is InChI=1S/C25H29BrN4O2/c1-16(2)30(17(3)4)24(32)15-29-22-12-8-6-10-20(22)27-25(29)18-13-23(31)28(14-18)21-11-7-5-9-19(21)26/h5-12,16-18H,13-15H2,1-4H3. The minimum atomic E-state index is -0.0821. The number of benzene rings is 2. The maximum atomic E-state index is 13.3. The molecule has 3 aromatic rings. The first kappa shape index (κ1) is 22.5. The fourth-order valence-corrected chi connectivity index (χ4v) is 5.24. The molecule has 2 aromatic carbocycles. The van der Waals surface area contributed by atoms with E-state index in [2.05, 4.69) is 15.9 Å². The van der Waals surface area contributed by atoms with Gasteiger partial charge in [-0.05, 0) is 67.9 Å². The summed E-state index contributed by atoms with van der Waals surface area (Å²) in [6, 6.07) is 15.8. The number of amides is 2. The molecule has 1 atom stereocenters. The molecule has 1 aliphatic rings. The van der Waals surface area contributed by atoms with E-state index < -0.39 is 0 Å². The van der Waals surface area contributed by atoms with Crippen LogP contribution in [-0.2, 0) is 16.1 Å². The largest absolute Gasteiger partial charge is 0.336 e. The molecule has 6 nitrogen and oxygen atoms in total. The Hall–Kier alpha value is -2.67. The van der Waals surface area contributed by atoms with Crippen molar-refractivity contribution in [2.75, 3.05) is 11.4 Å². The fourth-order valence-electron chi connectivity index (χ4n) is 4.75. The van der Waals surface area contributed by atoms with Crippen molar-refractivity contribution in [1.82, 2.24) is 14.5 Å². The third kappa shape index (κ3) is 4.18. The van der Waals surface area contributed by atoms with Crippen LogP contribution in [-0.4, -0.2) is 44.9 Å². The average Bonchev–Trinajstić information content (AvgIpc) is 3.28. The van der Waals surface area contributed by atoms with Gasteiger partial charge < -0.3 is 14.4 Å². The van der Waals surface area contributed by atoms with E-state index in [-0.39, 0.29) is 36.4 Å². The van der Waals surface area contributed by atoms with Crippen molar-refractivity contribution in [3.05, 3.63) is 58.8 Å². The number of hydrogen-bond donors (Lipinski definition) is 0. The number of aromatic nitrogens is 2. The monoisotopic (exact) mass is 496 g/mol. The summed E-state index contributed by atoms with van der Waals surface area (Å²) >= 11 is 3.56. The Morgan fingerprint density at radius 2 is 1.75 bits per heavy atom. The molecule has 0 aliphatic carbocycles. The zero-order chi connectivity index (χ0) is 23.0. The minimum absolute atomic E-state index is 0.0615. The van der Waals surface area contributed by atoms with Crippen LogP contribution in [0.2, 0.25) is 0 Å². The zero-order valence-electron chi connectivity index (χ0n) is 19.0. The van der Waals surface area contributed by atoms with Gasteiger partial charge in [0.05, 0.1) is 16.7 Å². The van der Waals surface area contributed by atoms with Crippen molar-refractivity contribution in [3.8, 4) is 0 Å². The third-order valence-corrected chi connectivity index (χ3v) is 6.68. The number of nitrogens with zero attached hydrogens (tertiary/aromatic N) is 4.